The van der Waals surface area contributed by atoms with Crippen LogP contribution in [0.4, 0.5) is 0 Å². The highest BCUT2D eigenvalue weighted by atomic mass is 32.2. The summed E-state index contributed by atoms with van der Waals surface area (Å²) in [7, 11) is -3.53. The Balaban J connectivity index is 0.000000159. The van der Waals surface area contributed by atoms with Gasteiger partial charge in [0.2, 0.25) is 0 Å². The van der Waals surface area contributed by atoms with E-state index in [1.165, 1.54) is 0 Å². The van der Waals surface area contributed by atoms with Crippen molar-refractivity contribution >= 4 is 40.0 Å². The van der Waals surface area contributed by atoms with Gasteiger partial charge in [-0.05, 0) is 59.8 Å². The number of ether oxygens (including phenoxy) is 6. The topological polar surface area (TPSA) is 184 Å². The third-order valence-corrected chi connectivity index (χ3v) is 13.5. The lowest BCUT2D eigenvalue weighted by molar-refractivity contribution is -0.171. The zero-order chi connectivity index (χ0) is 37.1. The zero-order valence-electron chi connectivity index (χ0n) is 30.0. The van der Waals surface area contributed by atoms with Gasteiger partial charge in [0.05, 0.1) is 34.0 Å². The molecule has 0 N–H and O–H groups in total. The lowest BCUT2D eigenvalue weighted by Crippen LogP contribution is -2.42. The number of allylic oxidation sites excluding steroid dienone is 1. The van der Waals surface area contributed by atoms with Gasteiger partial charge in [0.1, 0.15) is 24.1 Å². The van der Waals surface area contributed by atoms with Crippen molar-refractivity contribution in [3.8, 4) is 0 Å². The molecule has 0 aromatic heterocycles. The summed E-state index contributed by atoms with van der Waals surface area (Å²) in [6, 6.07) is 0. The van der Waals surface area contributed by atoms with E-state index in [4.69, 9.17) is 32.6 Å². The lowest BCUT2D eigenvalue weighted by Gasteiger charge is -2.27. The van der Waals surface area contributed by atoms with Crippen molar-refractivity contribution in [1.82, 2.24) is 0 Å². The highest BCUT2D eigenvalue weighted by Crippen LogP contribution is 2.55. The van der Waals surface area contributed by atoms with E-state index in [-0.39, 0.29) is 59.7 Å². The Kier molecular flexibility index (Phi) is 10.6. The van der Waals surface area contributed by atoms with Crippen molar-refractivity contribution < 1.29 is 65.0 Å². The summed E-state index contributed by atoms with van der Waals surface area (Å²) in [5.41, 5.74) is -1.16. The molecule has 280 valence electrons. The molecule has 5 saturated heterocycles. The Bertz CT molecular complexity index is 1500. The number of rotatable bonds is 8. The van der Waals surface area contributed by atoms with Gasteiger partial charge >= 0.3 is 29.8 Å². The lowest BCUT2D eigenvalue weighted by atomic mass is 9.87. The average molecular weight is 727 g/mol. The van der Waals surface area contributed by atoms with Crippen LogP contribution in [0.3, 0.4) is 0 Å². The first kappa shape index (κ1) is 38.2. The molecule has 0 spiro atoms. The molecule has 4 bridgehead atoms. The molecule has 0 aromatic carbocycles. The minimum absolute atomic E-state index is 0.00231. The second kappa shape index (κ2) is 13.8. The van der Waals surface area contributed by atoms with Gasteiger partial charge in [-0.3, -0.25) is 23.4 Å². The third kappa shape index (κ3) is 7.06. The summed E-state index contributed by atoms with van der Waals surface area (Å²) in [5.74, 6) is -1.13. The molecule has 0 radical (unpaired) electrons. The SMILES string of the molecule is C=C1OC(=O)C(C)C1C.CCC(C)(C)C(=O)OC1C2CC3C(=O)OC1C3O2.CCC(C)(C)C(=O)OCC(=O)OC1C2CC3C1OS(=O)(=O)C3C2. The first-order valence-corrected chi connectivity index (χ1v) is 19.0. The van der Waals surface area contributed by atoms with E-state index in [2.05, 4.69) is 6.58 Å². The molecule has 7 rings (SSSR count). The van der Waals surface area contributed by atoms with Crippen molar-refractivity contribution in [2.24, 2.45) is 40.4 Å². The quantitative estimate of drug-likeness (QED) is 0.201. The Labute approximate surface area is 293 Å². The van der Waals surface area contributed by atoms with Crippen molar-refractivity contribution in [3.63, 3.8) is 0 Å². The van der Waals surface area contributed by atoms with Gasteiger partial charge in [-0.1, -0.05) is 34.3 Å². The van der Waals surface area contributed by atoms with Crippen molar-refractivity contribution in [3.05, 3.63) is 12.3 Å². The van der Waals surface area contributed by atoms with Gasteiger partial charge < -0.3 is 28.4 Å². The first-order chi connectivity index (χ1) is 23.2. The average Bonchev–Trinajstić information content (AvgIpc) is 3.90. The van der Waals surface area contributed by atoms with Crippen LogP contribution in [0, 0.1) is 40.4 Å². The molecule has 7 aliphatic rings. The number of carbonyl (C=O) groups excluding carboxylic acids is 5. The largest absolute Gasteiger partial charge is 0.457 e. The van der Waals surface area contributed by atoms with E-state index in [1.807, 2.05) is 41.5 Å². The van der Waals surface area contributed by atoms with Crippen LogP contribution in [0.2, 0.25) is 0 Å². The van der Waals surface area contributed by atoms with Gasteiger partial charge in [0.25, 0.3) is 10.1 Å². The zero-order valence-corrected chi connectivity index (χ0v) is 30.8. The van der Waals surface area contributed by atoms with E-state index in [1.54, 1.807) is 13.8 Å². The Morgan fingerprint density at radius 3 is 2.04 bits per heavy atom. The van der Waals surface area contributed by atoms with Crippen molar-refractivity contribution in [1.29, 1.82) is 0 Å². The van der Waals surface area contributed by atoms with Crippen LogP contribution in [0.25, 0.3) is 0 Å². The van der Waals surface area contributed by atoms with Crippen LogP contribution in [0.5, 0.6) is 0 Å². The smallest absolute Gasteiger partial charge is 0.344 e. The molecule has 12 atom stereocenters. The summed E-state index contributed by atoms with van der Waals surface area (Å²) in [6.45, 7) is 17.9. The van der Waals surface area contributed by atoms with Crippen LogP contribution in [0.15, 0.2) is 12.3 Å². The molecule has 0 amide bonds. The molecule has 5 aliphatic heterocycles. The fraction of sp³-hybridized carbons (Fsp3) is 0.800. The number of hydrogen-bond donors (Lipinski definition) is 0. The molecule has 7 fully saturated rings. The molecular formula is C35H50O14S. The highest BCUT2D eigenvalue weighted by Gasteiger charge is 2.66. The monoisotopic (exact) mass is 726 g/mol. The molecule has 50 heavy (non-hydrogen) atoms. The summed E-state index contributed by atoms with van der Waals surface area (Å²) >= 11 is 0. The number of fused-ring (bicyclic) bond motifs is 2. The Morgan fingerprint density at radius 1 is 0.840 bits per heavy atom. The number of cyclic esters (lactones) is 1. The molecule has 12 unspecified atom stereocenters. The van der Waals surface area contributed by atoms with E-state index in [0.717, 1.165) is 0 Å². The van der Waals surface area contributed by atoms with Crippen LogP contribution in [-0.2, 0) is 66.7 Å². The second-order valence-corrected chi connectivity index (χ2v) is 17.5. The van der Waals surface area contributed by atoms with Gasteiger partial charge in [-0.25, -0.2) is 4.79 Å². The summed E-state index contributed by atoms with van der Waals surface area (Å²) in [4.78, 5) is 58.1. The van der Waals surface area contributed by atoms with E-state index in [0.29, 0.717) is 37.9 Å². The van der Waals surface area contributed by atoms with Gasteiger partial charge in [0, 0.05) is 17.8 Å². The maximum Gasteiger partial charge on any atom is 0.344 e. The highest BCUT2D eigenvalue weighted by molar-refractivity contribution is 7.87. The molecule has 5 heterocycles. The number of carbonyl (C=O) groups is 5. The molecule has 2 saturated carbocycles. The van der Waals surface area contributed by atoms with Crippen molar-refractivity contribution in [2.45, 2.75) is 129 Å². The Morgan fingerprint density at radius 2 is 1.48 bits per heavy atom. The molecular weight excluding hydrogens is 676 g/mol. The normalized spacial score (nSPS) is 38.0. The fourth-order valence-electron chi connectivity index (χ4n) is 7.30. The van der Waals surface area contributed by atoms with E-state index in [9.17, 15) is 32.4 Å². The standard InChI is InChI=1S/C15H22O7S.C13H18O5.C7H10O2/c1-4-15(2,3)14(17)20-7-11(16)21-12-8-5-9-10(6-8)23(18,19)22-13(9)12;1-4-13(2,3)12(15)18-9-7-5-6-8(16-7)10(9)17-11(6)14;1-4-5(2)7(8)9-6(4)3/h8-10,12-13H,4-7H2,1-3H3;6-10H,4-5H2,1-3H3;4-5H,3H2,1-2H3. The predicted molar refractivity (Wildman–Crippen MR) is 173 cm³/mol. The second-order valence-electron chi connectivity index (χ2n) is 15.7. The minimum atomic E-state index is -3.53. The van der Waals surface area contributed by atoms with Crippen LogP contribution < -0.4 is 0 Å². The summed E-state index contributed by atoms with van der Waals surface area (Å²) in [6.07, 6.45) is 0.786. The molecule has 15 heteroatoms. The summed E-state index contributed by atoms with van der Waals surface area (Å²) < 4.78 is 60.4. The van der Waals surface area contributed by atoms with Gasteiger partial charge in [0.15, 0.2) is 18.8 Å². The van der Waals surface area contributed by atoms with Gasteiger partial charge in [-0.15, -0.1) is 0 Å². The van der Waals surface area contributed by atoms with E-state index >= 15 is 0 Å². The van der Waals surface area contributed by atoms with E-state index < -0.39 is 69.2 Å². The van der Waals surface area contributed by atoms with Crippen LogP contribution in [-0.4, -0.2) is 86.7 Å². The van der Waals surface area contributed by atoms with Crippen LogP contribution >= 0.6 is 0 Å². The molecule has 14 nitrogen and oxygen atoms in total. The predicted octanol–water partition coefficient (Wildman–Crippen LogP) is 3.39. The first-order valence-electron chi connectivity index (χ1n) is 17.5. The molecule has 2 aliphatic carbocycles. The maximum atomic E-state index is 12.1. The van der Waals surface area contributed by atoms with Gasteiger partial charge in [-0.2, -0.15) is 8.42 Å². The number of hydrogen-bond acceptors (Lipinski definition) is 14. The third-order valence-electron chi connectivity index (χ3n) is 11.8. The fourth-order valence-corrected chi connectivity index (χ4v) is 9.18. The van der Waals surface area contributed by atoms with Crippen molar-refractivity contribution in [2.75, 3.05) is 6.61 Å². The molecule has 0 aromatic rings. The summed E-state index contributed by atoms with van der Waals surface area (Å²) in [5, 5.41) is -0.448. The maximum absolute atomic E-state index is 12.1. The number of esters is 5. The van der Waals surface area contributed by atoms with Crippen LogP contribution in [0.1, 0.15) is 87.5 Å². The minimum Gasteiger partial charge on any atom is -0.457 e. The Hall–Kier alpha value is -3.04.